The highest BCUT2D eigenvalue weighted by molar-refractivity contribution is 6.29. The van der Waals surface area contributed by atoms with Gasteiger partial charge in [0.2, 0.25) is 11.6 Å². The van der Waals surface area contributed by atoms with Crippen LogP contribution in [0.3, 0.4) is 0 Å². The first-order valence-corrected chi connectivity index (χ1v) is 7.20. The topological polar surface area (TPSA) is 108 Å². The highest BCUT2D eigenvalue weighted by atomic mass is 35.5. The average molecular weight is 371 g/mol. The van der Waals surface area contributed by atoms with E-state index in [2.05, 4.69) is 15.1 Å². The average Bonchev–Trinajstić information content (AvgIpc) is 2.99. The van der Waals surface area contributed by atoms with Crippen molar-refractivity contribution in [1.29, 1.82) is 0 Å². The lowest BCUT2D eigenvalue weighted by Crippen LogP contribution is -2.25. The van der Waals surface area contributed by atoms with Gasteiger partial charge in [0.25, 0.3) is 6.43 Å². The van der Waals surface area contributed by atoms with Gasteiger partial charge in [-0.05, 0) is 18.6 Å². The third-order valence-corrected chi connectivity index (χ3v) is 3.72. The standard InChI is InChI=1S/C13H9ClF2N6O3/c1-6-9(22(24)25)12(23)21-13(18-11(19-21)10(15)16)20(6)5-7-2-3-8(14)17-4-7/h2-4,10H,5H2,1H3. The van der Waals surface area contributed by atoms with Gasteiger partial charge in [-0.15, -0.1) is 5.10 Å². The second kappa shape index (κ2) is 6.16. The molecule has 3 aromatic heterocycles. The van der Waals surface area contributed by atoms with Crippen molar-refractivity contribution in [1.82, 2.24) is 24.1 Å². The zero-order valence-electron chi connectivity index (χ0n) is 12.6. The summed E-state index contributed by atoms with van der Waals surface area (Å²) in [5.41, 5.74) is -1.35. The summed E-state index contributed by atoms with van der Waals surface area (Å²) in [6, 6.07) is 3.12. The van der Waals surface area contributed by atoms with Crippen LogP contribution in [-0.2, 0) is 6.54 Å². The number of rotatable bonds is 4. The van der Waals surface area contributed by atoms with Gasteiger partial charge in [-0.25, -0.2) is 13.8 Å². The minimum atomic E-state index is -3.02. The smallest absolute Gasteiger partial charge is 0.303 e. The van der Waals surface area contributed by atoms with E-state index in [9.17, 15) is 23.7 Å². The van der Waals surface area contributed by atoms with Crippen LogP contribution in [0.25, 0.3) is 5.78 Å². The molecule has 0 saturated carbocycles. The molecular weight excluding hydrogens is 362 g/mol. The monoisotopic (exact) mass is 370 g/mol. The van der Waals surface area contributed by atoms with Gasteiger partial charge in [-0.2, -0.15) is 9.50 Å². The molecule has 12 heteroatoms. The summed E-state index contributed by atoms with van der Waals surface area (Å²) in [5, 5.41) is 14.9. The van der Waals surface area contributed by atoms with Crippen molar-refractivity contribution in [3.05, 3.63) is 61.0 Å². The van der Waals surface area contributed by atoms with Crippen molar-refractivity contribution in [2.45, 2.75) is 19.9 Å². The summed E-state index contributed by atoms with van der Waals surface area (Å²) >= 11 is 5.71. The summed E-state index contributed by atoms with van der Waals surface area (Å²) < 4.78 is 27.5. The van der Waals surface area contributed by atoms with E-state index in [1.165, 1.54) is 23.8 Å². The summed E-state index contributed by atoms with van der Waals surface area (Å²) in [4.78, 5) is 30.1. The molecule has 0 spiro atoms. The van der Waals surface area contributed by atoms with Crippen LogP contribution in [-0.4, -0.2) is 29.1 Å². The van der Waals surface area contributed by atoms with E-state index >= 15 is 0 Å². The van der Waals surface area contributed by atoms with Crippen LogP contribution in [0, 0.1) is 17.0 Å². The zero-order chi connectivity index (χ0) is 18.3. The number of hydrogen-bond donors (Lipinski definition) is 0. The minimum Gasteiger partial charge on any atom is -0.303 e. The van der Waals surface area contributed by atoms with E-state index in [1.54, 1.807) is 6.07 Å². The molecule has 0 unspecified atom stereocenters. The predicted molar refractivity (Wildman–Crippen MR) is 81.9 cm³/mol. The molecule has 3 rings (SSSR count). The maximum absolute atomic E-state index is 12.9. The highest BCUT2D eigenvalue weighted by Crippen LogP contribution is 2.20. The third-order valence-electron chi connectivity index (χ3n) is 3.50. The summed E-state index contributed by atoms with van der Waals surface area (Å²) in [7, 11) is 0. The third kappa shape index (κ3) is 2.93. The Morgan fingerprint density at radius 3 is 2.68 bits per heavy atom. The fraction of sp³-hybridized carbons (Fsp3) is 0.231. The second-order valence-corrected chi connectivity index (χ2v) is 5.44. The van der Waals surface area contributed by atoms with Gasteiger partial charge in [0.15, 0.2) is 0 Å². The Morgan fingerprint density at radius 2 is 2.12 bits per heavy atom. The van der Waals surface area contributed by atoms with Crippen LogP contribution in [0.5, 0.6) is 0 Å². The van der Waals surface area contributed by atoms with Crippen LogP contribution < -0.4 is 5.56 Å². The number of hydrogen-bond acceptors (Lipinski definition) is 6. The Hall–Kier alpha value is -2.95. The summed E-state index contributed by atoms with van der Waals surface area (Å²) in [6.45, 7) is 1.33. The van der Waals surface area contributed by atoms with Crippen molar-refractivity contribution in [3.8, 4) is 0 Å². The first-order valence-electron chi connectivity index (χ1n) is 6.82. The fourth-order valence-electron chi connectivity index (χ4n) is 2.34. The first-order chi connectivity index (χ1) is 11.8. The Kier molecular flexibility index (Phi) is 4.17. The van der Waals surface area contributed by atoms with Crippen LogP contribution in [0.1, 0.15) is 23.5 Å². The summed E-state index contributed by atoms with van der Waals surface area (Å²) in [6.07, 6.45) is -1.60. The van der Waals surface area contributed by atoms with Gasteiger partial charge in [0, 0.05) is 6.20 Å². The molecule has 0 aliphatic carbocycles. The molecule has 0 aromatic carbocycles. The number of fused-ring (bicyclic) bond motifs is 1. The second-order valence-electron chi connectivity index (χ2n) is 5.05. The van der Waals surface area contributed by atoms with Gasteiger partial charge >= 0.3 is 11.2 Å². The molecule has 9 nitrogen and oxygen atoms in total. The fourth-order valence-corrected chi connectivity index (χ4v) is 2.45. The number of nitro groups is 1. The van der Waals surface area contributed by atoms with E-state index in [0.29, 0.717) is 10.1 Å². The number of aromatic nitrogens is 5. The van der Waals surface area contributed by atoms with E-state index in [-0.39, 0.29) is 23.2 Å². The Bertz CT molecular complexity index is 1030. The SMILES string of the molecule is Cc1c([N+](=O)[O-])c(=O)n2nc(C(F)F)nc2n1Cc1ccc(Cl)nc1. The molecule has 3 aromatic rings. The molecule has 130 valence electrons. The molecule has 0 atom stereocenters. The number of alkyl halides is 2. The lowest BCUT2D eigenvalue weighted by Gasteiger charge is -2.11. The number of pyridine rings is 1. The minimum absolute atomic E-state index is 0.00198. The molecule has 0 aliphatic rings. The van der Waals surface area contributed by atoms with E-state index in [1.807, 2.05) is 0 Å². The zero-order valence-corrected chi connectivity index (χ0v) is 13.3. The summed E-state index contributed by atoms with van der Waals surface area (Å²) in [5.74, 6) is -1.11. The molecule has 0 N–H and O–H groups in total. The molecular formula is C13H9ClF2N6O3. The van der Waals surface area contributed by atoms with Gasteiger partial charge < -0.3 is 4.57 Å². The Balaban J connectivity index is 2.29. The molecule has 0 fully saturated rings. The largest absolute Gasteiger partial charge is 0.355 e. The number of halogens is 3. The lowest BCUT2D eigenvalue weighted by molar-refractivity contribution is -0.387. The highest BCUT2D eigenvalue weighted by Gasteiger charge is 2.27. The van der Waals surface area contributed by atoms with E-state index < -0.39 is 28.4 Å². The molecule has 25 heavy (non-hydrogen) atoms. The van der Waals surface area contributed by atoms with Crippen LogP contribution >= 0.6 is 11.6 Å². The molecule has 0 aliphatic heterocycles. The molecule has 0 radical (unpaired) electrons. The van der Waals surface area contributed by atoms with Crippen molar-refractivity contribution >= 4 is 23.1 Å². The van der Waals surface area contributed by atoms with Crippen molar-refractivity contribution in [3.63, 3.8) is 0 Å². The van der Waals surface area contributed by atoms with Gasteiger partial charge in [0.05, 0.1) is 11.5 Å². The Morgan fingerprint density at radius 1 is 1.40 bits per heavy atom. The predicted octanol–water partition coefficient (Wildman–Crippen LogP) is 2.14. The van der Waals surface area contributed by atoms with Crippen molar-refractivity contribution in [2.75, 3.05) is 0 Å². The number of nitrogens with zero attached hydrogens (tertiary/aromatic N) is 6. The van der Waals surface area contributed by atoms with E-state index in [0.717, 1.165) is 0 Å². The van der Waals surface area contributed by atoms with Crippen LogP contribution in [0.4, 0.5) is 14.5 Å². The van der Waals surface area contributed by atoms with Crippen molar-refractivity contribution in [2.24, 2.45) is 0 Å². The van der Waals surface area contributed by atoms with Gasteiger partial charge in [0.1, 0.15) is 10.8 Å². The lowest BCUT2D eigenvalue weighted by atomic mass is 10.2. The van der Waals surface area contributed by atoms with Crippen LogP contribution in [0.2, 0.25) is 5.15 Å². The first kappa shape index (κ1) is 16.9. The quantitative estimate of drug-likeness (QED) is 0.395. The van der Waals surface area contributed by atoms with Gasteiger partial charge in [-0.1, -0.05) is 17.7 Å². The molecule has 0 bridgehead atoms. The van der Waals surface area contributed by atoms with Crippen molar-refractivity contribution < 1.29 is 13.7 Å². The normalized spacial score (nSPS) is 11.4. The van der Waals surface area contributed by atoms with Gasteiger partial charge in [-0.3, -0.25) is 14.9 Å². The van der Waals surface area contributed by atoms with Crippen LogP contribution in [0.15, 0.2) is 23.1 Å². The molecule has 0 saturated heterocycles. The molecule has 0 amide bonds. The van der Waals surface area contributed by atoms with E-state index in [4.69, 9.17) is 11.6 Å². The maximum atomic E-state index is 12.9. The Labute approximate surface area is 142 Å². The molecule has 3 heterocycles. The maximum Gasteiger partial charge on any atom is 0.355 e.